The molecule has 1 aliphatic carbocycles. The zero-order valence-electron chi connectivity index (χ0n) is 21.9. The minimum atomic E-state index is -0.844. The third kappa shape index (κ3) is 5.41. The van der Waals surface area contributed by atoms with E-state index in [1.165, 1.54) is 5.82 Å². The van der Waals surface area contributed by atoms with Crippen molar-refractivity contribution in [1.29, 1.82) is 0 Å². The second-order valence-corrected chi connectivity index (χ2v) is 10.0. The second kappa shape index (κ2) is 12.4. The molecule has 1 aliphatic rings. The van der Waals surface area contributed by atoms with Crippen LogP contribution in [0.25, 0.3) is 0 Å². The molecule has 1 amide bonds. The maximum atomic E-state index is 13.4. The summed E-state index contributed by atoms with van der Waals surface area (Å²) in [5, 5.41) is 0. The van der Waals surface area contributed by atoms with Gasteiger partial charge in [-0.3, -0.25) is 4.79 Å². The lowest BCUT2D eigenvalue weighted by molar-refractivity contribution is -0.703. The molecule has 1 aromatic heterocycles. The van der Waals surface area contributed by atoms with Crippen LogP contribution in [0.1, 0.15) is 48.7 Å². The van der Waals surface area contributed by atoms with Crippen LogP contribution in [0.2, 0.25) is 0 Å². The van der Waals surface area contributed by atoms with Crippen LogP contribution in [0.4, 0.5) is 0 Å². The molecule has 5 rings (SSSR count). The van der Waals surface area contributed by atoms with Crippen molar-refractivity contribution < 1.29 is 31.1 Å². The number of hydrogen-bond acceptors (Lipinski definition) is 2. The van der Waals surface area contributed by atoms with Crippen molar-refractivity contribution >= 4 is 5.91 Å². The van der Waals surface area contributed by atoms with Gasteiger partial charge in [0.25, 0.3) is 5.82 Å². The number of rotatable bonds is 10. The van der Waals surface area contributed by atoms with Gasteiger partial charge in [-0.05, 0) is 48.4 Å². The number of benzene rings is 3. The monoisotopic (exact) mass is 573 g/mol. The molecule has 198 valence electrons. The van der Waals surface area contributed by atoms with Crippen molar-refractivity contribution in [1.82, 2.24) is 4.57 Å². The van der Waals surface area contributed by atoms with Crippen molar-refractivity contribution in [3.63, 3.8) is 0 Å². The van der Waals surface area contributed by atoms with Crippen molar-refractivity contribution in [2.24, 2.45) is 11.7 Å². The van der Waals surface area contributed by atoms with Gasteiger partial charge in [-0.15, -0.1) is 0 Å². The van der Waals surface area contributed by atoms with E-state index in [-0.39, 0.29) is 28.8 Å². The highest BCUT2D eigenvalue weighted by molar-refractivity contribution is 5.91. The number of nitrogens with two attached hydrogens (primary N) is 1. The number of nitrogens with zero attached hydrogens (tertiary/aromatic N) is 2. The third-order valence-corrected chi connectivity index (χ3v) is 8.01. The molecule has 5 nitrogen and oxygen atoms in total. The highest BCUT2D eigenvalue weighted by atomic mass is 79.9. The Morgan fingerprint density at radius 3 is 2.11 bits per heavy atom. The van der Waals surface area contributed by atoms with Crippen LogP contribution in [0.15, 0.2) is 103 Å². The maximum absolute atomic E-state index is 13.4. The van der Waals surface area contributed by atoms with E-state index in [1.54, 1.807) is 0 Å². The van der Waals surface area contributed by atoms with Crippen molar-refractivity contribution in [3.05, 3.63) is 120 Å². The van der Waals surface area contributed by atoms with Gasteiger partial charge in [0.05, 0.1) is 13.2 Å². The van der Waals surface area contributed by atoms with Gasteiger partial charge in [-0.2, -0.15) is 0 Å². The number of aromatic nitrogens is 2. The number of halogens is 1. The van der Waals surface area contributed by atoms with Gasteiger partial charge in [0.2, 0.25) is 5.91 Å². The summed E-state index contributed by atoms with van der Waals surface area (Å²) < 4.78 is 10.6. The van der Waals surface area contributed by atoms with Crippen LogP contribution in [0.5, 0.6) is 5.75 Å². The zero-order valence-corrected chi connectivity index (χ0v) is 23.5. The molecule has 0 aliphatic heterocycles. The van der Waals surface area contributed by atoms with Crippen LogP contribution < -0.4 is 32.0 Å². The molecule has 0 spiro atoms. The molecular formula is C32H36BrN3O2. The number of ether oxygens (including phenoxy) is 1. The molecule has 38 heavy (non-hydrogen) atoms. The fraction of sp³-hybridized carbons (Fsp3) is 0.312. The molecular weight excluding hydrogens is 538 g/mol. The smallest absolute Gasteiger partial charge is 0.253 e. The maximum Gasteiger partial charge on any atom is 0.253 e. The van der Waals surface area contributed by atoms with E-state index >= 15 is 0 Å². The summed E-state index contributed by atoms with van der Waals surface area (Å²) in [6, 6.07) is 30.5. The van der Waals surface area contributed by atoms with Gasteiger partial charge in [-0.1, -0.05) is 78.9 Å². The molecule has 1 fully saturated rings. The first-order valence-corrected chi connectivity index (χ1v) is 13.3. The Labute approximate surface area is 236 Å². The molecule has 0 saturated heterocycles. The number of primary amides is 1. The average Bonchev–Trinajstić information content (AvgIpc) is 3.56. The van der Waals surface area contributed by atoms with E-state index in [2.05, 4.69) is 52.7 Å². The van der Waals surface area contributed by atoms with E-state index in [0.29, 0.717) is 12.6 Å². The Kier molecular flexibility index (Phi) is 9.05. The lowest BCUT2D eigenvalue weighted by Crippen LogP contribution is -3.00. The summed E-state index contributed by atoms with van der Waals surface area (Å²) in [7, 11) is 0. The quantitative estimate of drug-likeness (QED) is 0.234. The van der Waals surface area contributed by atoms with Crippen molar-refractivity contribution in [2.75, 3.05) is 6.61 Å². The third-order valence-electron chi connectivity index (χ3n) is 8.01. The van der Waals surface area contributed by atoms with E-state index in [4.69, 9.17) is 10.5 Å². The zero-order chi connectivity index (χ0) is 25.7. The first kappa shape index (κ1) is 27.6. The fourth-order valence-corrected chi connectivity index (χ4v) is 6.21. The number of imidazole rings is 1. The molecule has 0 radical (unpaired) electrons. The van der Waals surface area contributed by atoms with Gasteiger partial charge in [0.15, 0.2) is 0 Å². The summed E-state index contributed by atoms with van der Waals surface area (Å²) in [6.45, 7) is 3.77. The van der Waals surface area contributed by atoms with Gasteiger partial charge in [0, 0.05) is 13.3 Å². The first-order chi connectivity index (χ1) is 18.1. The lowest BCUT2D eigenvalue weighted by atomic mass is 9.64. The standard InChI is InChI=1S/C32H35N3O2.BrH/c1-25-34(20-11-23-37-30-16-9-4-10-17-30)21-22-35(25)29-19-18-28(24-29)32(31(33)36,26-12-5-2-6-13-26)27-14-7-3-8-15-27;/h2-10,12-17,21-22,28-29H,11,18-20,23-24H2,1H3,(H-,33,36);1H/t28-,29+;/m0./s1. The van der Waals surface area contributed by atoms with Crippen LogP contribution in [-0.4, -0.2) is 17.1 Å². The Morgan fingerprint density at radius 1 is 0.947 bits per heavy atom. The minimum absolute atomic E-state index is 0. The van der Waals surface area contributed by atoms with E-state index in [1.807, 2.05) is 66.7 Å². The predicted molar refractivity (Wildman–Crippen MR) is 145 cm³/mol. The number of amides is 1. The Bertz CT molecular complexity index is 1270. The van der Waals surface area contributed by atoms with E-state index in [9.17, 15) is 4.79 Å². The molecule has 6 heteroatoms. The SMILES string of the molecule is Cc1n([C@@H]2CC[C@H](C(C(N)=O)(c3ccccc3)c3ccccc3)C2)cc[n+]1CCCOc1ccccc1.[Br-]. The fourth-order valence-electron chi connectivity index (χ4n) is 6.21. The van der Waals surface area contributed by atoms with E-state index < -0.39 is 5.41 Å². The van der Waals surface area contributed by atoms with Crippen LogP contribution in [0, 0.1) is 12.8 Å². The summed E-state index contributed by atoms with van der Waals surface area (Å²) in [6.07, 6.45) is 8.16. The Morgan fingerprint density at radius 2 is 1.53 bits per heavy atom. The topological polar surface area (TPSA) is 61.1 Å². The lowest BCUT2D eigenvalue weighted by Gasteiger charge is -2.37. The minimum Gasteiger partial charge on any atom is -1.00 e. The number of hydrogen-bond donors (Lipinski definition) is 1. The highest BCUT2D eigenvalue weighted by Crippen LogP contribution is 2.49. The van der Waals surface area contributed by atoms with Gasteiger partial charge >= 0.3 is 0 Å². The number of aryl methyl sites for hydroxylation is 1. The molecule has 2 N–H and O–H groups in total. The summed E-state index contributed by atoms with van der Waals surface area (Å²) in [4.78, 5) is 13.4. The highest BCUT2D eigenvalue weighted by Gasteiger charge is 2.51. The summed E-state index contributed by atoms with van der Waals surface area (Å²) in [5.74, 6) is 1.99. The first-order valence-electron chi connectivity index (χ1n) is 13.3. The molecule has 0 bridgehead atoms. The van der Waals surface area contributed by atoms with Crippen molar-refractivity contribution in [2.45, 2.75) is 50.6 Å². The molecule has 1 saturated carbocycles. The summed E-state index contributed by atoms with van der Waals surface area (Å²) in [5.41, 5.74) is 7.40. The largest absolute Gasteiger partial charge is 1.00 e. The Hall–Kier alpha value is -3.38. The predicted octanol–water partition coefficient (Wildman–Crippen LogP) is 2.37. The number of para-hydroxylation sites is 1. The average molecular weight is 575 g/mol. The molecule has 3 aromatic carbocycles. The van der Waals surface area contributed by atoms with E-state index in [0.717, 1.165) is 49.1 Å². The molecule has 2 atom stereocenters. The van der Waals surface area contributed by atoms with Crippen molar-refractivity contribution in [3.8, 4) is 5.75 Å². The van der Waals surface area contributed by atoms with Crippen LogP contribution >= 0.6 is 0 Å². The molecule has 4 aromatic rings. The normalized spacial score (nSPS) is 17.1. The van der Waals surface area contributed by atoms with Crippen LogP contribution in [0.3, 0.4) is 0 Å². The van der Waals surface area contributed by atoms with Crippen LogP contribution in [-0.2, 0) is 16.8 Å². The summed E-state index contributed by atoms with van der Waals surface area (Å²) >= 11 is 0. The van der Waals surface area contributed by atoms with Gasteiger partial charge < -0.3 is 27.5 Å². The Balaban J connectivity index is 0.00000336. The molecule has 1 heterocycles. The second-order valence-electron chi connectivity index (χ2n) is 10.0. The van der Waals surface area contributed by atoms with Gasteiger partial charge in [-0.25, -0.2) is 9.13 Å². The number of carbonyl (C=O) groups is 1. The molecule has 0 unspecified atom stereocenters. The number of carbonyl (C=O) groups excluding carboxylic acids is 1. The van der Waals surface area contributed by atoms with Gasteiger partial charge in [0.1, 0.15) is 29.6 Å².